The van der Waals surface area contributed by atoms with E-state index in [9.17, 15) is 0 Å². The Morgan fingerprint density at radius 3 is 2.67 bits per heavy atom. The van der Waals surface area contributed by atoms with Crippen LogP contribution in [0.1, 0.15) is 5.82 Å². The predicted molar refractivity (Wildman–Crippen MR) is 125 cm³/mol. The Kier molecular flexibility index (Phi) is 6.90. The minimum absolute atomic E-state index is 0.299. The highest BCUT2D eigenvalue weighted by Gasteiger charge is 2.17. The van der Waals surface area contributed by atoms with Crippen LogP contribution in [0.5, 0.6) is 6.01 Å². The topological polar surface area (TPSA) is 113 Å². The number of rotatable bonds is 8. The zero-order chi connectivity index (χ0) is 22.3. The third-order valence-corrected chi connectivity index (χ3v) is 5.61. The van der Waals surface area contributed by atoms with Gasteiger partial charge in [-0.05, 0) is 6.07 Å². The highest BCUT2D eigenvalue weighted by atomic mass is 16.5. The SMILES string of the molecule is C(=N\Nc1c[nH]c2ccccc12)/c1nc(OCCN2CCOCC2)nc(N2CCOCC2)n1. The number of hydrogen-bond donors (Lipinski definition) is 2. The van der Waals surface area contributed by atoms with Gasteiger partial charge in [-0.15, -0.1) is 0 Å². The minimum atomic E-state index is 0.299. The summed E-state index contributed by atoms with van der Waals surface area (Å²) in [6.07, 6.45) is 3.47. The number of morpholine rings is 2. The number of benzene rings is 1. The molecule has 2 aliphatic heterocycles. The lowest BCUT2D eigenvalue weighted by atomic mass is 10.2. The van der Waals surface area contributed by atoms with E-state index in [1.165, 1.54) is 0 Å². The van der Waals surface area contributed by atoms with Crippen molar-refractivity contribution < 1.29 is 14.2 Å². The van der Waals surface area contributed by atoms with Crippen molar-refractivity contribution in [2.24, 2.45) is 5.10 Å². The van der Waals surface area contributed by atoms with Crippen LogP contribution in [0, 0.1) is 0 Å². The van der Waals surface area contributed by atoms with Crippen molar-refractivity contribution in [3.8, 4) is 6.01 Å². The lowest BCUT2D eigenvalue weighted by Crippen LogP contribution is -2.39. The minimum Gasteiger partial charge on any atom is -0.462 e. The molecule has 0 amide bonds. The number of para-hydroxylation sites is 1. The lowest BCUT2D eigenvalue weighted by molar-refractivity contribution is 0.0317. The Bertz CT molecular complexity index is 1080. The first-order chi connectivity index (χ1) is 16.3. The van der Waals surface area contributed by atoms with Gasteiger partial charge in [-0.3, -0.25) is 10.3 Å². The van der Waals surface area contributed by atoms with Gasteiger partial charge in [0, 0.05) is 49.8 Å². The summed E-state index contributed by atoms with van der Waals surface area (Å²) in [5.41, 5.74) is 4.99. The molecule has 11 heteroatoms. The third kappa shape index (κ3) is 5.56. The quantitative estimate of drug-likeness (QED) is 0.386. The Balaban J connectivity index is 1.29. The van der Waals surface area contributed by atoms with E-state index >= 15 is 0 Å². The third-order valence-electron chi connectivity index (χ3n) is 5.61. The summed E-state index contributed by atoms with van der Waals surface area (Å²) >= 11 is 0. The summed E-state index contributed by atoms with van der Waals surface area (Å²) in [4.78, 5) is 21.2. The molecule has 2 aromatic heterocycles. The van der Waals surface area contributed by atoms with Gasteiger partial charge < -0.3 is 24.1 Å². The van der Waals surface area contributed by atoms with E-state index in [2.05, 4.69) is 40.3 Å². The van der Waals surface area contributed by atoms with E-state index in [-0.39, 0.29) is 0 Å². The van der Waals surface area contributed by atoms with Gasteiger partial charge in [-0.2, -0.15) is 20.1 Å². The van der Waals surface area contributed by atoms with Crippen LogP contribution in [-0.4, -0.2) is 96.8 Å². The molecule has 2 saturated heterocycles. The normalized spacial score (nSPS) is 17.6. The fraction of sp³-hybridized carbons (Fsp3) is 0.455. The molecule has 0 atom stereocenters. The lowest BCUT2D eigenvalue weighted by Gasteiger charge is -2.27. The molecule has 11 nitrogen and oxygen atoms in total. The molecule has 0 radical (unpaired) electrons. The van der Waals surface area contributed by atoms with Crippen LogP contribution in [-0.2, 0) is 9.47 Å². The molecule has 2 N–H and O–H groups in total. The fourth-order valence-electron chi connectivity index (χ4n) is 3.80. The molecule has 0 saturated carbocycles. The van der Waals surface area contributed by atoms with Crippen molar-refractivity contribution >= 4 is 28.8 Å². The summed E-state index contributed by atoms with van der Waals surface area (Å²) in [6.45, 7) is 7.38. The molecule has 0 spiro atoms. The standard InChI is InChI=1S/C22H28N8O3/c1-2-4-18-17(3-1)19(15-23-18)28-24-16-20-25-21(30-8-12-32-13-9-30)27-22(26-20)33-14-7-29-5-10-31-11-6-29/h1-4,15-16,23,28H,5-14H2/b24-16+. The second-order valence-corrected chi connectivity index (χ2v) is 7.80. The first-order valence-electron chi connectivity index (χ1n) is 11.2. The summed E-state index contributed by atoms with van der Waals surface area (Å²) in [5.74, 6) is 1.00. The first kappa shape index (κ1) is 21.6. The smallest absolute Gasteiger partial charge is 0.321 e. The van der Waals surface area contributed by atoms with Gasteiger partial charge in [0.1, 0.15) is 6.61 Å². The average molecular weight is 453 g/mol. The zero-order valence-corrected chi connectivity index (χ0v) is 18.4. The highest BCUT2D eigenvalue weighted by Crippen LogP contribution is 2.22. The number of fused-ring (bicyclic) bond motifs is 1. The number of ether oxygens (including phenoxy) is 3. The molecule has 3 aromatic rings. The highest BCUT2D eigenvalue weighted by molar-refractivity contribution is 5.92. The molecule has 0 unspecified atom stereocenters. The maximum Gasteiger partial charge on any atom is 0.321 e. The molecular weight excluding hydrogens is 424 g/mol. The molecule has 4 heterocycles. The second kappa shape index (κ2) is 10.6. The van der Waals surface area contributed by atoms with Crippen LogP contribution < -0.4 is 15.1 Å². The number of H-pyrrole nitrogens is 1. The van der Waals surface area contributed by atoms with Crippen LogP contribution in [0.15, 0.2) is 35.6 Å². The van der Waals surface area contributed by atoms with Gasteiger partial charge in [0.15, 0.2) is 5.82 Å². The zero-order valence-electron chi connectivity index (χ0n) is 18.4. The van der Waals surface area contributed by atoms with Gasteiger partial charge >= 0.3 is 6.01 Å². The van der Waals surface area contributed by atoms with Crippen molar-refractivity contribution in [1.82, 2.24) is 24.8 Å². The molecule has 5 rings (SSSR count). The molecule has 33 heavy (non-hydrogen) atoms. The van der Waals surface area contributed by atoms with Gasteiger partial charge in [0.2, 0.25) is 5.95 Å². The number of anilines is 2. The largest absolute Gasteiger partial charge is 0.462 e. The second-order valence-electron chi connectivity index (χ2n) is 7.80. The number of aromatic nitrogens is 4. The number of aromatic amines is 1. The van der Waals surface area contributed by atoms with Crippen molar-refractivity contribution in [3.05, 3.63) is 36.3 Å². The van der Waals surface area contributed by atoms with Crippen molar-refractivity contribution in [2.45, 2.75) is 0 Å². The van der Waals surface area contributed by atoms with Gasteiger partial charge in [0.05, 0.1) is 38.3 Å². The van der Waals surface area contributed by atoms with Crippen molar-refractivity contribution in [2.75, 3.05) is 76.1 Å². The number of nitrogens with zero attached hydrogens (tertiary/aromatic N) is 6. The van der Waals surface area contributed by atoms with E-state index in [1.54, 1.807) is 6.21 Å². The monoisotopic (exact) mass is 452 g/mol. The van der Waals surface area contributed by atoms with E-state index in [1.807, 2.05) is 30.5 Å². The van der Waals surface area contributed by atoms with Gasteiger partial charge in [-0.25, -0.2) is 0 Å². The van der Waals surface area contributed by atoms with E-state index in [0.717, 1.165) is 62.5 Å². The molecule has 0 bridgehead atoms. The molecule has 2 aliphatic rings. The van der Waals surface area contributed by atoms with Crippen molar-refractivity contribution in [3.63, 3.8) is 0 Å². The summed E-state index contributed by atoms with van der Waals surface area (Å²) in [7, 11) is 0. The molecular formula is C22H28N8O3. The molecule has 2 fully saturated rings. The van der Waals surface area contributed by atoms with E-state index in [4.69, 9.17) is 14.2 Å². The van der Waals surface area contributed by atoms with Crippen LogP contribution in [0.4, 0.5) is 11.6 Å². The Morgan fingerprint density at radius 1 is 1.03 bits per heavy atom. The van der Waals surface area contributed by atoms with Crippen LogP contribution in [0.2, 0.25) is 0 Å². The molecule has 1 aromatic carbocycles. The van der Waals surface area contributed by atoms with E-state index < -0.39 is 0 Å². The Labute approximate surface area is 191 Å². The number of nitrogens with one attached hydrogen (secondary N) is 2. The van der Waals surface area contributed by atoms with Crippen LogP contribution >= 0.6 is 0 Å². The molecule has 0 aliphatic carbocycles. The van der Waals surface area contributed by atoms with E-state index in [0.29, 0.717) is 37.6 Å². The summed E-state index contributed by atoms with van der Waals surface area (Å²) in [6, 6.07) is 8.33. The number of hydrogen-bond acceptors (Lipinski definition) is 10. The fourth-order valence-corrected chi connectivity index (χ4v) is 3.80. The van der Waals surface area contributed by atoms with Gasteiger partial charge in [-0.1, -0.05) is 18.2 Å². The number of hydrazone groups is 1. The van der Waals surface area contributed by atoms with Crippen molar-refractivity contribution in [1.29, 1.82) is 0 Å². The summed E-state index contributed by atoms with van der Waals surface area (Å²) in [5, 5.41) is 5.41. The Hall–Kier alpha value is -3.28. The molecule has 174 valence electrons. The first-order valence-corrected chi connectivity index (χ1v) is 11.2. The maximum atomic E-state index is 5.90. The van der Waals surface area contributed by atoms with Crippen LogP contribution in [0.25, 0.3) is 10.9 Å². The summed E-state index contributed by atoms with van der Waals surface area (Å²) < 4.78 is 16.8. The van der Waals surface area contributed by atoms with Gasteiger partial charge in [0.25, 0.3) is 0 Å². The van der Waals surface area contributed by atoms with Crippen LogP contribution in [0.3, 0.4) is 0 Å². The Morgan fingerprint density at radius 2 is 1.82 bits per heavy atom. The maximum absolute atomic E-state index is 5.90. The predicted octanol–water partition coefficient (Wildman–Crippen LogP) is 1.35. The average Bonchev–Trinajstić information content (AvgIpc) is 3.28.